The fourth-order valence-corrected chi connectivity index (χ4v) is 0.944. The van der Waals surface area contributed by atoms with Crippen molar-refractivity contribution in [1.29, 1.82) is 0 Å². The van der Waals surface area contributed by atoms with Crippen LogP contribution in [0.2, 0.25) is 0 Å². The molecule has 0 saturated carbocycles. The molecule has 0 spiro atoms. The number of carbonyl (C=O) groups is 2. The third-order valence-corrected chi connectivity index (χ3v) is 1.56. The van der Waals surface area contributed by atoms with Crippen molar-refractivity contribution in [3.63, 3.8) is 0 Å². The average molecular weight is 176 g/mol. The van der Waals surface area contributed by atoms with Gasteiger partial charge in [-0.2, -0.15) is 5.11 Å². The van der Waals surface area contributed by atoms with Gasteiger partial charge in [0.15, 0.2) is 5.76 Å². The molecule has 2 rings (SSSR count). The second-order valence-corrected chi connectivity index (χ2v) is 2.37. The zero-order valence-electron chi connectivity index (χ0n) is 6.43. The van der Waals surface area contributed by atoms with Gasteiger partial charge in [0.05, 0.1) is 12.5 Å². The molecule has 64 valence electrons. The van der Waals surface area contributed by atoms with Crippen LogP contribution < -0.4 is 0 Å². The van der Waals surface area contributed by atoms with Crippen LogP contribution in [0.25, 0.3) is 0 Å². The molecular formula is C8H4N2O3. The van der Waals surface area contributed by atoms with Crippen LogP contribution in [0.4, 0.5) is 0 Å². The minimum atomic E-state index is -0.624. The van der Waals surface area contributed by atoms with E-state index in [1.165, 1.54) is 12.3 Å². The molecule has 0 bridgehead atoms. The molecular weight excluding hydrogens is 172 g/mol. The molecule has 1 aliphatic heterocycles. The summed E-state index contributed by atoms with van der Waals surface area (Å²) in [7, 11) is 0. The normalized spacial score (nSPS) is 14.8. The highest BCUT2D eigenvalue weighted by atomic mass is 16.3. The Balaban J connectivity index is 2.30. The SMILES string of the molecule is O=C1N=NC=C1C(=O)c1ccco1. The number of amides is 1. The molecule has 0 saturated heterocycles. The summed E-state index contributed by atoms with van der Waals surface area (Å²) in [5, 5.41) is 6.51. The molecule has 1 aliphatic rings. The monoisotopic (exact) mass is 176 g/mol. The van der Waals surface area contributed by atoms with Gasteiger partial charge in [-0.15, -0.1) is 5.11 Å². The topological polar surface area (TPSA) is 72.0 Å². The van der Waals surface area contributed by atoms with E-state index in [1.54, 1.807) is 6.07 Å². The van der Waals surface area contributed by atoms with E-state index in [0.29, 0.717) is 0 Å². The first kappa shape index (κ1) is 7.60. The van der Waals surface area contributed by atoms with Crippen molar-refractivity contribution in [1.82, 2.24) is 0 Å². The number of azo groups is 1. The van der Waals surface area contributed by atoms with Crippen molar-refractivity contribution in [2.75, 3.05) is 0 Å². The standard InChI is InChI=1S/C8H4N2O3/c11-7(6-2-1-3-13-6)5-4-9-10-8(5)12/h1-4H. The second-order valence-electron chi connectivity index (χ2n) is 2.37. The number of ketones is 1. The maximum atomic E-state index is 11.4. The maximum Gasteiger partial charge on any atom is 0.301 e. The Morgan fingerprint density at radius 2 is 2.31 bits per heavy atom. The highest BCUT2D eigenvalue weighted by Gasteiger charge is 2.24. The van der Waals surface area contributed by atoms with E-state index in [1.807, 2.05) is 0 Å². The summed E-state index contributed by atoms with van der Waals surface area (Å²) in [5.74, 6) is -0.992. The first-order valence-corrected chi connectivity index (χ1v) is 3.52. The Labute approximate surface area is 72.8 Å². The van der Waals surface area contributed by atoms with Crippen LogP contribution in [-0.4, -0.2) is 11.7 Å². The lowest BCUT2D eigenvalue weighted by Gasteiger charge is -1.91. The van der Waals surface area contributed by atoms with E-state index in [4.69, 9.17) is 4.42 Å². The van der Waals surface area contributed by atoms with Crippen LogP contribution in [0.3, 0.4) is 0 Å². The number of rotatable bonds is 2. The molecule has 5 heteroatoms. The van der Waals surface area contributed by atoms with Gasteiger partial charge in [-0.25, -0.2) is 0 Å². The van der Waals surface area contributed by atoms with Gasteiger partial charge in [0, 0.05) is 0 Å². The summed E-state index contributed by atoms with van der Waals surface area (Å²) < 4.78 is 4.83. The van der Waals surface area contributed by atoms with Gasteiger partial charge in [0.25, 0.3) is 0 Å². The molecule has 1 amide bonds. The Morgan fingerprint density at radius 3 is 2.85 bits per heavy atom. The summed E-state index contributed by atoms with van der Waals surface area (Å²) in [6.07, 6.45) is 2.49. The van der Waals surface area contributed by atoms with Crippen LogP contribution in [0.15, 0.2) is 44.8 Å². The summed E-state index contributed by atoms with van der Waals surface area (Å²) in [6, 6.07) is 3.05. The van der Waals surface area contributed by atoms with Gasteiger partial charge in [-0.3, -0.25) is 9.59 Å². The lowest BCUT2D eigenvalue weighted by molar-refractivity contribution is -0.114. The zero-order chi connectivity index (χ0) is 9.26. The number of hydrogen-bond acceptors (Lipinski definition) is 4. The highest BCUT2D eigenvalue weighted by Crippen LogP contribution is 2.14. The predicted molar refractivity (Wildman–Crippen MR) is 41.0 cm³/mol. The fourth-order valence-electron chi connectivity index (χ4n) is 0.944. The van der Waals surface area contributed by atoms with E-state index in [-0.39, 0.29) is 11.3 Å². The molecule has 13 heavy (non-hydrogen) atoms. The van der Waals surface area contributed by atoms with E-state index >= 15 is 0 Å². The first-order valence-electron chi connectivity index (χ1n) is 3.52. The lowest BCUT2D eigenvalue weighted by atomic mass is 10.1. The van der Waals surface area contributed by atoms with Gasteiger partial charge in [0.2, 0.25) is 5.78 Å². The fraction of sp³-hybridized carbons (Fsp3) is 0. The zero-order valence-corrected chi connectivity index (χ0v) is 6.43. The number of nitrogens with zero attached hydrogens (tertiary/aromatic N) is 2. The number of Topliss-reactive ketones (excluding diaryl/α,β-unsaturated/α-hetero) is 1. The van der Waals surface area contributed by atoms with E-state index in [0.717, 1.165) is 6.20 Å². The van der Waals surface area contributed by atoms with Crippen molar-refractivity contribution in [2.24, 2.45) is 10.2 Å². The van der Waals surface area contributed by atoms with Gasteiger partial charge in [-0.05, 0) is 12.1 Å². The molecule has 0 radical (unpaired) electrons. The minimum absolute atomic E-state index is 0.0602. The summed E-state index contributed by atoms with van der Waals surface area (Å²) in [6.45, 7) is 0. The average Bonchev–Trinajstić information content (AvgIpc) is 2.72. The second kappa shape index (κ2) is 2.78. The Bertz CT molecular complexity index is 415. The van der Waals surface area contributed by atoms with Crippen molar-refractivity contribution < 1.29 is 14.0 Å². The highest BCUT2D eigenvalue weighted by molar-refractivity contribution is 6.25. The van der Waals surface area contributed by atoms with E-state index in [2.05, 4.69) is 10.2 Å². The molecule has 0 fully saturated rings. The van der Waals surface area contributed by atoms with Crippen molar-refractivity contribution in [3.05, 3.63) is 35.9 Å². The Kier molecular flexibility index (Phi) is 1.63. The van der Waals surface area contributed by atoms with Gasteiger partial charge in [0.1, 0.15) is 5.57 Å². The smallest absolute Gasteiger partial charge is 0.301 e. The van der Waals surface area contributed by atoms with Crippen molar-refractivity contribution >= 4 is 11.7 Å². The van der Waals surface area contributed by atoms with E-state index < -0.39 is 11.7 Å². The molecule has 2 heterocycles. The quantitative estimate of drug-likeness (QED) is 0.504. The molecule has 0 unspecified atom stereocenters. The van der Waals surface area contributed by atoms with Crippen LogP contribution >= 0.6 is 0 Å². The van der Waals surface area contributed by atoms with Crippen LogP contribution in [0.1, 0.15) is 10.6 Å². The largest absolute Gasteiger partial charge is 0.461 e. The third-order valence-electron chi connectivity index (χ3n) is 1.56. The lowest BCUT2D eigenvalue weighted by Crippen LogP contribution is -2.07. The summed E-state index contributed by atoms with van der Waals surface area (Å²) in [5.41, 5.74) is -0.0602. The van der Waals surface area contributed by atoms with Gasteiger partial charge in [-0.1, -0.05) is 0 Å². The number of furan rings is 1. The predicted octanol–water partition coefficient (Wildman–Crippen LogP) is 1.34. The molecule has 5 nitrogen and oxygen atoms in total. The van der Waals surface area contributed by atoms with Crippen LogP contribution in [0, 0.1) is 0 Å². The number of carbonyl (C=O) groups excluding carboxylic acids is 2. The Morgan fingerprint density at radius 1 is 1.46 bits per heavy atom. The molecule has 1 aromatic rings. The molecule has 0 aliphatic carbocycles. The van der Waals surface area contributed by atoms with Gasteiger partial charge >= 0.3 is 5.91 Å². The van der Waals surface area contributed by atoms with Crippen LogP contribution in [-0.2, 0) is 4.79 Å². The van der Waals surface area contributed by atoms with E-state index in [9.17, 15) is 9.59 Å². The van der Waals surface area contributed by atoms with Crippen molar-refractivity contribution in [3.8, 4) is 0 Å². The molecule has 1 aromatic heterocycles. The first-order chi connectivity index (χ1) is 6.29. The summed E-state index contributed by atoms with van der Waals surface area (Å²) in [4.78, 5) is 22.3. The van der Waals surface area contributed by atoms with Crippen LogP contribution in [0.5, 0.6) is 0 Å². The maximum absolute atomic E-state index is 11.4. The molecule has 0 aromatic carbocycles. The molecule has 0 N–H and O–H groups in total. The minimum Gasteiger partial charge on any atom is -0.461 e. The summed E-state index contributed by atoms with van der Waals surface area (Å²) >= 11 is 0. The third kappa shape index (κ3) is 1.20. The molecule has 0 atom stereocenters. The van der Waals surface area contributed by atoms with Gasteiger partial charge < -0.3 is 4.42 Å². The Hall–Kier alpha value is -2.04. The number of hydrogen-bond donors (Lipinski definition) is 0. The van der Waals surface area contributed by atoms with Crippen molar-refractivity contribution in [2.45, 2.75) is 0 Å².